The van der Waals surface area contributed by atoms with Crippen molar-refractivity contribution in [2.45, 2.75) is 64.7 Å². The van der Waals surface area contributed by atoms with Crippen LogP contribution in [0.25, 0.3) is 0 Å². The minimum atomic E-state index is 0.00169. The van der Waals surface area contributed by atoms with Crippen molar-refractivity contribution < 1.29 is 4.79 Å². The van der Waals surface area contributed by atoms with Crippen molar-refractivity contribution in [1.82, 2.24) is 0 Å². The Labute approximate surface area is 129 Å². The first-order chi connectivity index (χ1) is 10.3. The lowest BCUT2D eigenvalue weighted by Crippen LogP contribution is -2.20. The van der Waals surface area contributed by atoms with Crippen LogP contribution in [0.2, 0.25) is 0 Å². The van der Waals surface area contributed by atoms with Crippen LogP contribution >= 0.6 is 0 Å². The molecule has 1 unspecified atom stereocenters. The Bertz CT molecular complexity index is 462. The summed E-state index contributed by atoms with van der Waals surface area (Å²) in [4.78, 5) is 13.2. The van der Waals surface area contributed by atoms with Gasteiger partial charge in [0.2, 0.25) is 0 Å². The summed E-state index contributed by atoms with van der Waals surface area (Å²) in [6.07, 6.45) is 11.5. The molecule has 1 aromatic rings. The van der Waals surface area contributed by atoms with Crippen LogP contribution in [0.4, 0.5) is 0 Å². The quantitative estimate of drug-likeness (QED) is 0.639. The van der Waals surface area contributed by atoms with E-state index in [1.165, 1.54) is 51.4 Å². The molecule has 0 saturated heterocycles. The van der Waals surface area contributed by atoms with E-state index in [1.54, 1.807) is 0 Å². The second-order valence-corrected chi connectivity index (χ2v) is 7.04. The summed E-state index contributed by atoms with van der Waals surface area (Å²) in [5.74, 6) is 1.81. The minimum absolute atomic E-state index is 0.00169. The molecule has 1 nitrogen and oxygen atoms in total. The van der Waals surface area contributed by atoms with Crippen LogP contribution < -0.4 is 0 Å². The van der Waals surface area contributed by atoms with Crippen molar-refractivity contribution >= 4 is 5.78 Å². The molecule has 0 spiro atoms. The van der Waals surface area contributed by atoms with Gasteiger partial charge in [0.15, 0.2) is 5.78 Å². The summed E-state index contributed by atoms with van der Waals surface area (Å²) in [6, 6.07) is 10.0. The molecule has 3 atom stereocenters. The first-order valence-electron chi connectivity index (χ1n) is 8.90. The molecule has 1 heteroatoms. The van der Waals surface area contributed by atoms with Gasteiger partial charge in [-0.3, -0.25) is 4.79 Å². The second kappa shape index (κ2) is 6.34. The van der Waals surface area contributed by atoms with E-state index in [0.717, 1.165) is 12.0 Å². The van der Waals surface area contributed by atoms with Gasteiger partial charge in [-0.25, -0.2) is 0 Å². The fourth-order valence-corrected chi connectivity index (χ4v) is 4.75. The van der Waals surface area contributed by atoms with Gasteiger partial charge >= 0.3 is 0 Å². The highest BCUT2D eigenvalue weighted by Crippen LogP contribution is 2.67. The molecule has 3 rings (SSSR count). The van der Waals surface area contributed by atoms with Gasteiger partial charge in [0.1, 0.15) is 0 Å². The van der Waals surface area contributed by atoms with Gasteiger partial charge in [-0.15, -0.1) is 0 Å². The van der Waals surface area contributed by atoms with E-state index in [-0.39, 0.29) is 5.41 Å². The Hall–Kier alpha value is -1.11. The Morgan fingerprint density at radius 3 is 2.24 bits per heavy atom. The maximum atomic E-state index is 13.2. The predicted octanol–water partition coefficient (Wildman–Crippen LogP) is 5.65. The average Bonchev–Trinajstić information content (AvgIpc) is 3.10. The number of hydrogen-bond donors (Lipinski definition) is 0. The van der Waals surface area contributed by atoms with Gasteiger partial charge < -0.3 is 0 Å². The lowest BCUT2D eigenvalue weighted by molar-refractivity contribution is 0.0861. The molecule has 0 aliphatic heterocycles. The van der Waals surface area contributed by atoms with Crippen LogP contribution in [0.5, 0.6) is 0 Å². The number of fused-ring (bicyclic) bond motifs is 1. The summed E-state index contributed by atoms with van der Waals surface area (Å²) in [6.45, 7) is 2.24. The summed E-state index contributed by atoms with van der Waals surface area (Å²) in [5, 5.41) is 0. The molecule has 0 amide bonds. The highest BCUT2D eigenvalue weighted by Gasteiger charge is 2.66. The molecule has 0 aromatic heterocycles. The Kier molecular flexibility index (Phi) is 4.47. The molecule has 2 saturated carbocycles. The summed E-state index contributed by atoms with van der Waals surface area (Å²) in [7, 11) is 0. The summed E-state index contributed by atoms with van der Waals surface area (Å²) < 4.78 is 0. The predicted molar refractivity (Wildman–Crippen MR) is 87.4 cm³/mol. The van der Waals surface area contributed by atoms with E-state index in [4.69, 9.17) is 0 Å². The fraction of sp³-hybridized carbons (Fsp3) is 0.650. The molecular weight excluding hydrogens is 256 g/mol. The first-order valence-corrected chi connectivity index (χ1v) is 8.90. The standard InChI is InChI=1S/C20H28O/c1-2-3-15-20(19(21)16-11-7-6-8-12-16)17-13-9-4-5-10-14-18(17)20/h6-8,11-12,17-18H,2-5,9-10,13-15H2,1H3/t17-,18+,20?. The number of unbranched alkanes of at least 4 members (excludes halogenated alkanes) is 1. The third-order valence-electron chi connectivity index (χ3n) is 5.88. The van der Waals surface area contributed by atoms with Gasteiger partial charge in [-0.2, -0.15) is 0 Å². The Morgan fingerprint density at radius 1 is 1.05 bits per heavy atom. The largest absolute Gasteiger partial charge is 0.294 e. The maximum Gasteiger partial charge on any atom is 0.169 e. The fourth-order valence-electron chi connectivity index (χ4n) is 4.75. The second-order valence-electron chi connectivity index (χ2n) is 7.04. The van der Waals surface area contributed by atoms with Crippen molar-refractivity contribution in [3.63, 3.8) is 0 Å². The number of ketones is 1. The molecule has 1 aromatic carbocycles. The van der Waals surface area contributed by atoms with Gasteiger partial charge in [0, 0.05) is 11.0 Å². The number of hydrogen-bond acceptors (Lipinski definition) is 1. The summed E-state index contributed by atoms with van der Waals surface area (Å²) >= 11 is 0. The molecule has 0 N–H and O–H groups in total. The van der Waals surface area contributed by atoms with Gasteiger partial charge in [0.05, 0.1) is 0 Å². The molecule has 2 fully saturated rings. The number of Topliss-reactive ketones (excluding diaryl/α,β-unsaturated/α-hetero) is 1. The smallest absolute Gasteiger partial charge is 0.169 e. The van der Waals surface area contributed by atoms with Crippen molar-refractivity contribution in [2.75, 3.05) is 0 Å². The number of carbonyl (C=O) groups is 1. The van der Waals surface area contributed by atoms with E-state index in [1.807, 2.05) is 30.3 Å². The Balaban J connectivity index is 1.86. The zero-order chi connectivity index (χ0) is 14.7. The highest BCUT2D eigenvalue weighted by atomic mass is 16.1. The molecule has 0 bridgehead atoms. The zero-order valence-electron chi connectivity index (χ0n) is 13.3. The third kappa shape index (κ3) is 2.67. The Morgan fingerprint density at radius 2 is 1.67 bits per heavy atom. The average molecular weight is 284 g/mol. The first kappa shape index (κ1) is 14.8. The van der Waals surface area contributed by atoms with Crippen LogP contribution in [-0.2, 0) is 0 Å². The van der Waals surface area contributed by atoms with Crippen molar-refractivity contribution in [2.24, 2.45) is 17.3 Å². The van der Waals surface area contributed by atoms with Crippen molar-refractivity contribution in [3.8, 4) is 0 Å². The molecule has 0 radical (unpaired) electrons. The molecule has 21 heavy (non-hydrogen) atoms. The lowest BCUT2D eigenvalue weighted by atomic mass is 9.85. The molecule has 0 heterocycles. The molecule has 2 aliphatic carbocycles. The van der Waals surface area contributed by atoms with Crippen LogP contribution in [0, 0.1) is 17.3 Å². The van der Waals surface area contributed by atoms with Gasteiger partial charge in [0.25, 0.3) is 0 Å². The molecular formula is C20H28O. The number of carbonyl (C=O) groups excluding carboxylic acids is 1. The van der Waals surface area contributed by atoms with Crippen LogP contribution in [0.3, 0.4) is 0 Å². The third-order valence-corrected chi connectivity index (χ3v) is 5.88. The normalized spacial score (nSPS) is 31.9. The van der Waals surface area contributed by atoms with E-state index >= 15 is 0 Å². The number of rotatable bonds is 5. The highest BCUT2D eigenvalue weighted by molar-refractivity contribution is 6.03. The van der Waals surface area contributed by atoms with Crippen LogP contribution in [0.1, 0.15) is 75.1 Å². The van der Waals surface area contributed by atoms with E-state index in [9.17, 15) is 4.79 Å². The van der Waals surface area contributed by atoms with Crippen LogP contribution in [0.15, 0.2) is 30.3 Å². The lowest BCUT2D eigenvalue weighted by Gasteiger charge is -2.17. The zero-order valence-corrected chi connectivity index (χ0v) is 13.3. The number of benzene rings is 1. The molecule has 114 valence electrons. The van der Waals surface area contributed by atoms with Gasteiger partial charge in [-0.05, 0) is 31.1 Å². The van der Waals surface area contributed by atoms with Crippen molar-refractivity contribution in [3.05, 3.63) is 35.9 Å². The van der Waals surface area contributed by atoms with E-state index in [2.05, 4.69) is 6.92 Å². The summed E-state index contributed by atoms with van der Waals surface area (Å²) in [5.41, 5.74) is 0.946. The monoisotopic (exact) mass is 284 g/mol. The minimum Gasteiger partial charge on any atom is -0.294 e. The molecule has 2 aliphatic rings. The van der Waals surface area contributed by atoms with Crippen molar-refractivity contribution in [1.29, 1.82) is 0 Å². The van der Waals surface area contributed by atoms with E-state index < -0.39 is 0 Å². The SMILES string of the molecule is CCCCC1(C(=O)c2ccccc2)[C@@H]2CCCCCC[C@@H]21. The van der Waals surface area contributed by atoms with Gasteiger partial charge in [-0.1, -0.05) is 75.8 Å². The van der Waals surface area contributed by atoms with Crippen LogP contribution in [-0.4, -0.2) is 5.78 Å². The topological polar surface area (TPSA) is 17.1 Å². The maximum absolute atomic E-state index is 13.2. The van der Waals surface area contributed by atoms with E-state index in [0.29, 0.717) is 17.6 Å².